The van der Waals surface area contributed by atoms with Crippen molar-refractivity contribution in [3.05, 3.63) is 121 Å². The second kappa shape index (κ2) is 12.8. The van der Waals surface area contributed by atoms with Crippen LogP contribution in [0.5, 0.6) is 0 Å². The van der Waals surface area contributed by atoms with E-state index >= 15 is 0 Å². The number of nitrogens with zero attached hydrogens (tertiary/aromatic N) is 3. The Labute approximate surface area is 239 Å². The summed E-state index contributed by atoms with van der Waals surface area (Å²) in [4.78, 5) is 4.69. The van der Waals surface area contributed by atoms with Crippen LogP contribution >= 0.6 is 0 Å². The molecule has 2 unspecified atom stereocenters. The van der Waals surface area contributed by atoms with E-state index < -0.39 is 0 Å². The van der Waals surface area contributed by atoms with Crippen LogP contribution in [0.2, 0.25) is 0 Å². The van der Waals surface area contributed by atoms with Crippen LogP contribution in [0.4, 0.5) is 17.1 Å². The molecule has 3 aromatic carbocycles. The molecular formula is C36H42N4. The molecule has 1 N–H and O–H groups in total. The highest BCUT2D eigenvalue weighted by Crippen LogP contribution is 2.38. The fraction of sp³-hybridized carbons (Fsp3) is 0.278. The number of anilines is 3. The van der Waals surface area contributed by atoms with Crippen molar-refractivity contribution in [1.29, 1.82) is 0 Å². The monoisotopic (exact) mass is 530 g/mol. The summed E-state index contributed by atoms with van der Waals surface area (Å²) in [5.74, 6) is 0. The smallest absolute Gasteiger partial charge is 0.0522 e. The summed E-state index contributed by atoms with van der Waals surface area (Å²) in [6.07, 6.45) is 17.8. The van der Waals surface area contributed by atoms with Crippen molar-refractivity contribution in [3.8, 4) is 0 Å². The Morgan fingerprint density at radius 2 is 1.68 bits per heavy atom. The standard InChI is InChI=1S/C36H42N4/c1-5-14-31(19-12-13-26-37-2)40-35-25-22-30(38(3)28-15-8-6-9-16-28)20-23-33(35)34-24-21-32(27-36(34)40)39(4)29-17-10-7-11-18-29/h5-11,13-18,20-21,23-24,26-27,30-31,37H,12,19,22,25H2,1-4H3/b14-5-,26-13+. The first-order valence-corrected chi connectivity index (χ1v) is 14.5. The highest BCUT2D eigenvalue weighted by atomic mass is 15.1. The molecule has 0 radical (unpaired) electrons. The number of hydrogen-bond donors (Lipinski definition) is 1. The van der Waals surface area contributed by atoms with Gasteiger partial charge in [0.05, 0.1) is 11.6 Å². The molecule has 0 amide bonds. The van der Waals surface area contributed by atoms with E-state index in [2.05, 4.69) is 150 Å². The summed E-state index contributed by atoms with van der Waals surface area (Å²) in [5.41, 5.74) is 7.77. The van der Waals surface area contributed by atoms with Gasteiger partial charge in [-0.25, -0.2) is 0 Å². The van der Waals surface area contributed by atoms with Gasteiger partial charge >= 0.3 is 0 Å². The van der Waals surface area contributed by atoms with Gasteiger partial charge in [-0.05, 0) is 75.2 Å². The third-order valence-corrected chi connectivity index (χ3v) is 8.15. The molecule has 206 valence electrons. The van der Waals surface area contributed by atoms with Crippen molar-refractivity contribution in [3.63, 3.8) is 0 Å². The van der Waals surface area contributed by atoms with Crippen molar-refractivity contribution in [2.24, 2.45) is 0 Å². The molecule has 4 aromatic rings. The lowest BCUT2D eigenvalue weighted by Gasteiger charge is -2.28. The third kappa shape index (κ3) is 5.72. The first kappa shape index (κ1) is 27.4. The van der Waals surface area contributed by atoms with Crippen molar-refractivity contribution < 1.29 is 0 Å². The van der Waals surface area contributed by atoms with Crippen LogP contribution in [0, 0.1) is 0 Å². The predicted octanol–water partition coefficient (Wildman–Crippen LogP) is 8.50. The second-order valence-electron chi connectivity index (χ2n) is 10.6. The lowest BCUT2D eigenvalue weighted by Crippen LogP contribution is -2.30. The Bertz CT molecular complexity index is 1480. The van der Waals surface area contributed by atoms with E-state index in [1.807, 2.05) is 13.2 Å². The summed E-state index contributed by atoms with van der Waals surface area (Å²) in [7, 11) is 6.33. The molecule has 0 fully saturated rings. The van der Waals surface area contributed by atoms with E-state index in [1.54, 1.807) is 0 Å². The van der Waals surface area contributed by atoms with E-state index in [-0.39, 0.29) is 6.04 Å². The van der Waals surface area contributed by atoms with E-state index in [4.69, 9.17) is 0 Å². The van der Waals surface area contributed by atoms with Gasteiger partial charge in [0.25, 0.3) is 0 Å². The maximum Gasteiger partial charge on any atom is 0.0522 e. The van der Waals surface area contributed by atoms with Crippen LogP contribution in [-0.4, -0.2) is 31.8 Å². The largest absolute Gasteiger partial charge is 0.394 e. The first-order chi connectivity index (χ1) is 19.6. The summed E-state index contributed by atoms with van der Waals surface area (Å²) in [5, 5.41) is 4.47. The number of fused-ring (bicyclic) bond motifs is 3. The van der Waals surface area contributed by atoms with Gasteiger partial charge in [0.2, 0.25) is 0 Å². The van der Waals surface area contributed by atoms with Crippen LogP contribution in [-0.2, 0) is 6.42 Å². The molecule has 4 heteroatoms. The average Bonchev–Trinajstić information content (AvgIpc) is 3.14. The van der Waals surface area contributed by atoms with Gasteiger partial charge < -0.3 is 19.7 Å². The number of hydrogen-bond acceptors (Lipinski definition) is 3. The minimum atomic E-state index is 0.284. The molecule has 0 aliphatic heterocycles. The molecule has 0 bridgehead atoms. The molecule has 2 atom stereocenters. The zero-order valence-electron chi connectivity index (χ0n) is 24.3. The first-order valence-electron chi connectivity index (χ1n) is 14.5. The summed E-state index contributed by atoms with van der Waals surface area (Å²) >= 11 is 0. The molecule has 1 aromatic heterocycles. The minimum absolute atomic E-state index is 0.284. The number of aromatic nitrogens is 1. The van der Waals surface area contributed by atoms with E-state index in [0.29, 0.717) is 6.04 Å². The average molecular weight is 531 g/mol. The number of likely N-dealkylation sites (N-methyl/N-ethyl adjacent to an activating group) is 1. The molecule has 40 heavy (non-hydrogen) atoms. The Hall–Kier alpha value is -4.18. The van der Waals surface area contributed by atoms with Crippen LogP contribution in [0.15, 0.2) is 109 Å². The fourth-order valence-electron chi connectivity index (χ4n) is 5.97. The molecule has 4 nitrogen and oxygen atoms in total. The Balaban J connectivity index is 1.59. The lowest BCUT2D eigenvalue weighted by molar-refractivity contribution is 0.548. The normalized spacial score (nSPS) is 15.8. The maximum atomic E-state index is 3.14. The van der Waals surface area contributed by atoms with Gasteiger partial charge in [-0.1, -0.05) is 72.8 Å². The molecule has 0 saturated heterocycles. The highest BCUT2D eigenvalue weighted by molar-refractivity contribution is 5.94. The zero-order valence-corrected chi connectivity index (χ0v) is 24.3. The van der Waals surface area contributed by atoms with E-state index in [9.17, 15) is 0 Å². The molecule has 1 heterocycles. The van der Waals surface area contributed by atoms with Crippen LogP contribution in [0.25, 0.3) is 17.0 Å². The second-order valence-corrected chi connectivity index (χ2v) is 10.6. The lowest BCUT2D eigenvalue weighted by atomic mass is 10.1. The number of rotatable bonds is 10. The van der Waals surface area contributed by atoms with Crippen molar-refractivity contribution >= 4 is 34.0 Å². The molecule has 1 aliphatic carbocycles. The summed E-state index contributed by atoms with van der Waals surface area (Å²) in [6.45, 7) is 2.14. The quantitative estimate of drug-likeness (QED) is 0.208. The van der Waals surface area contributed by atoms with Crippen LogP contribution in [0.3, 0.4) is 0 Å². The number of allylic oxidation sites excluding steroid dienone is 3. The Morgan fingerprint density at radius 1 is 0.950 bits per heavy atom. The van der Waals surface area contributed by atoms with Crippen molar-refractivity contribution in [2.45, 2.75) is 44.7 Å². The number of para-hydroxylation sites is 2. The van der Waals surface area contributed by atoms with Crippen LogP contribution < -0.4 is 15.1 Å². The van der Waals surface area contributed by atoms with Crippen molar-refractivity contribution in [1.82, 2.24) is 9.88 Å². The van der Waals surface area contributed by atoms with Gasteiger partial charge in [0, 0.05) is 60.9 Å². The van der Waals surface area contributed by atoms with Gasteiger partial charge in [-0.15, -0.1) is 0 Å². The zero-order chi connectivity index (χ0) is 27.9. The topological polar surface area (TPSA) is 23.4 Å². The fourth-order valence-corrected chi connectivity index (χ4v) is 5.97. The van der Waals surface area contributed by atoms with Gasteiger partial charge in [-0.2, -0.15) is 0 Å². The maximum absolute atomic E-state index is 3.14. The molecule has 0 saturated carbocycles. The number of benzene rings is 3. The highest BCUT2D eigenvalue weighted by Gasteiger charge is 2.25. The molecule has 1 aliphatic rings. The van der Waals surface area contributed by atoms with Crippen LogP contribution in [0.1, 0.15) is 43.5 Å². The Morgan fingerprint density at radius 3 is 2.38 bits per heavy atom. The molecule has 5 rings (SSSR count). The minimum Gasteiger partial charge on any atom is -0.394 e. The summed E-state index contributed by atoms with van der Waals surface area (Å²) < 4.78 is 2.63. The SMILES string of the molecule is C/C=C\C(CC/C=C/NC)n1c2c(c3ccc(N(C)c4ccccc4)cc31)C=CC(N(C)c1ccccc1)CC2. The third-order valence-electron chi connectivity index (χ3n) is 8.15. The van der Waals surface area contributed by atoms with Gasteiger partial charge in [0.1, 0.15) is 0 Å². The number of nitrogens with one attached hydrogen (secondary N) is 1. The molecule has 0 spiro atoms. The molecular weight excluding hydrogens is 488 g/mol. The van der Waals surface area contributed by atoms with E-state index in [1.165, 1.54) is 39.2 Å². The van der Waals surface area contributed by atoms with Crippen molar-refractivity contribution in [2.75, 3.05) is 30.9 Å². The summed E-state index contributed by atoms with van der Waals surface area (Å²) in [6, 6.07) is 29.0. The van der Waals surface area contributed by atoms with Gasteiger partial charge in [-0.3, -0.25) is 0 Å². The Kier molecular flexibility index (Phi) is 8.75. The van der Waals surface area contributed by atoms with Gasteiger partial charge in [0.15, 0.2) is 0 Å². The van der Waals surface area contributed by atoms with E-state index in [0.717, 1.165) is 25.7 Å². The predicted molar refractivity (Wildman–Crippen MR) is 174 cm³/mol.